The van der Waals surface area contributed by atoms with Crippen molar-refractivity contribution in [2.75, 3.05) is 12.4 Å². The average Bonchev–Trinajstić information content (AvgIpc) is 2.74. The highest BCUT2D eigenvalue weighted by Crippen LogP contribution is 2.43. The van der Waals surface area contributed by atoms with Crippen molar-refractivity contribution in [3.8, 4) is 0 Å². The Morgan fingerprint density at radius 2 is 1.81 bits per heavy atom. The number of aliphatic hydroxyl groups excluding tert-OH is 1. The fourth-order valence-corrected chi connectivity index (χ4v) is 4.97. The van der Waals surface area contributed by atoms with Crippen LogP contribution in [0.2, 0.25) is 0 Å². The Balaban J connectivity index is 2.10. The summed E-state index contributed by atoms with van der Waals surface area (Å²) in [6, 6.07) is 13.0. The molecule has 0 aromatic heterocycles. The Bertz CT molecular complexity index is 771. The molecule has 2 aromatic rings. The number of hydrogen-bond donors (Lipinski definition) is 1. The number of hydrogen-bond acceptors (Lipinski definition) is 3. The summed E-state index contributed by atoms with van der Waals surface area (Å²) in [5.74, 6) is -1.50. The van der Waals surface area contributed by atoms with Gasteiger partial charge in [0, 0.05) is 11.8 Å². The molecule has 0 radical (unpaired) electrons. The van der Waals surface area contributed by atoms with Gasteiger partial charge in [-0.1, -0.05) is 36.4 Å². The van der Waals surface area contributed by atoms with Crippen molar-refractivity contribution in [1.29, 1.82) is 0 Å². The zero-order valence-corrected chi connectivity index (χ0v) is 12.1. The number of aliphatic hydroxyl groups is 1. The van der Waals surface area contributed by atoms with E-state index < -0.39 is 27.5 Å². The number of sulfone groups is 1. The monoisotopic (exact) mass is 306 g/mol. The van der Waals surface area contributed by atoms with Crippen molar-refractivity contribution in [3.63, 3.8) is 0 Å². The van der Waals surface area contributed by atoms with E-state index in [4.69, 9.17) is 0 Å². The summed E-state index contributed by atoms with van der Waals surface area (Å²) >= 11 is 0. The van der Waals surface area contributed by atoms with Crippen LogP contribution >= 0.6 is 0 Å². The highest BCUT2D eigenvalue weighted by Gasteiger charge is 2.39. The maximum Gasteiger partial charge on any atom is 0.179 e. The van der Waals surface area contributed by atoms with Gasteiger partial charge in [0.15, 0.2) is 9.84 Å². The zero-order valence-electron chi connectivity index (χ0n) is 11.2. The minimum atomic E-state index is -3.36. The highest BCUT2D eigenvalue weighted by atomic mass is 32.2. The van der Waals surface area contributed by atoms with Gasteiger partial charge in [0.2, 0.25) is 0 Å². The second-order valence-corrected chi connectivity index (χ2v) is 7.24. The first-order chi connectivity index (χ1) is 10.0. The molecule has 110 valence electrons. The van der Waals surface area contributed by atoms with E-state index in [0.717, 1.165) is 0 Å². The lowest BCUT2D eigenvalue weighted by atomic mass is 9.83. The molecule has 0 saturated heterocycles. The van der Waals surface area contributed by atoms with Gasteiger partial charge in [-0.05, 0) is 23.3 Å². The lowest BCUT2D eigenvalue weighted by Crippen LogP contribution is -2.18. The summed E-state index contributed by atoms with van der Waals surface area (Å²) in [4.78, 5) is 0.296. The van der Waals surface area contributed by atoms with Crippen LogP contribution in [0.1, 0.15) is 23.0 Å². The van der Waals surface area contributed by atoms with E-state index in [1.54, 1.807) is 42.5 Å². The van der Waals surface area contributed by atoms with Crippen LogP contribution in [0.4, 0.5) is 4.39 Å². The van der Waals surface area contributed by atoms with Gasteiger partial charge in [0.25, 0.3) is 0 Å². The molecule has 0 aliphatic carbocycles. The predicted octanol–water partition coefficient (Wildman–Crippen LogP) is 2.47. The summed E-state index contributed by atoms with van der Waals surface area (Å²) in [5, 5.41) is 9.70. The normalized spacial score (nSPS) is 21.0. The Morgan fingerprint density at radius 3 is 2.52 bits per heavy atom. The maximum atomic E-state index is 14.0. The van der Waals surface area contributed by atoms with Crippen LogP contribution in [-0.4, -0.2) is 25.9 Å². The molecule has 3 rings (SSSR count). The van der Waals surface area contributed by atoms with Crippen LogP contribution < -0.4 is 0 Å². The zero-order chi connectivity index (χ0) is 15.0. The summed E-state index contributed by atoms with van der Waals surface area (Å²) < 4.78 is 38.4. The summed E-state index contributed by atoms with van der Waals surface area (Å²) in [6.45, 7) is -0.296. The molecule has 2 aromatic carbocycles. The van der Waals surface area contributed by atoms with Crippen LogP contribution in [0.15, 0.2) is 53.4 Å². The third kappa shape index (κ3) is 2.36. The van der Waals surface area contributed by atoms with Gasteiger partial charge in [-0.2, -0.15) is 0 Å². The lowest BCUT2D eigenvalue weighted by molar-refractivity contribution is 0.249. The first kappa shape index (κ1) is 14.2. The summed E-state index contributed by atoms with van der Waals surface area (Å²) in [6.07, 6.45) is 0. The minimum absolute atomic E-state index is 0.0914. The van der Waals surface area contributed by atoms with Crippen LogP contribution in [0.5, 0.6) is 0 Å². The van der Waals surface area contributed by atoms with Crippen molar-refractivity contribution < 1.29 is 17.9 Å². The third-order valence-corrected chi connectivity index (χ3v) is 5.88. The first-order valence-electron chi connectivity index (χ1n) is 6.71. The van der Waals surface area contributed by atoms with Gasteiger partial charge in [-0.15, -0.1) is 0 Å². The molecule has 5 heteroatoms. The van der Waals surface area contributed by atoms with E-state index in [1.165, 1.54) is 6.07 Å². The molecule has 0 bridgehead atoms. The van der Waals surface area contributed by atoms with E-state index >= 15 is 0 Å². The van der Waals surface area contributed by atoms with Crippen molar-refractivity contribution >= 4 is 9.84 Å². The number of fused-ring (bicyclic) bond motifs is 1. The van der Waals surface area contributed by atoms with Crippen molar-refractivity contribution in [1.82, 2.24) is 0 Å². The van der Waals surface area contributed by atoms with E-state index in [2.05, 4.69) is 0 Å². The van der Waals surface area contributed by atoms with Gasteiger partial charge in [-0.25, -0.2) is 12.8 Å². The van der Waals surface area contributed by atoms with Gasteiger partial charge in [0.1, 0.15) is 5.82 Å². The average molecular weight is 306 g/mol. The predicted molar refractivity (Wildman–Crippen MR) is 77.5 cm³/mol. The van der Waals surface area contributed by atoms with Crippen LogP contribution in [-0.2, 0) is 9.84 Å². The molecule has 3 nitrogen and oxygen atoms in total. The molecule has 21 heavy (non-hydrogen) atoms. The maximum absolute atomic E-state index is 14.0. The van der Waals surface area contributed by atoms with Crippen molar-refractivity contribution in [2.24, 2.45) is 0 Å². The summed E-state index contributed by atoms with van der Waals surface area (Å²) in [5.41, 5.74) is 1.02. The third-order valence-electron chi connectivity index (χ3n) is 4.04. The molecule has 0 fully saturated rings. The topological polar surface area (TPSA) is 54.4 Å². The smallest absolute Gasteiger partial charge is 0.179 e. The largest absolute Gasteiger partial charge is 0.396 e. The van der Waals surface area contributed by atoms with E-state index in [-0.39, 0.29) is 12.4 Å². The van der Waals surface area contributed by atoms with Crippen LogP contribution in [0, 0.1) is 5.82 Å². The molecule has 2 atom stereocenters. The van der Waals surface area contributed by atoms with Gasteiger partial charge in [-0.3, -0.25) is 0 Å². The van der Waals surface area contributed by atoms with Crippen molar-refractivity contribution in [2.45, 2.75) is 16.7 Å². The number of benzene rings is 2. The molecular formula is C16H15FO3S. The Hall–Kier alpha value is -1.72. The fourth-order valence-electron chi connectivity index (χ4n) is 3.04. The van der Waals surface area contributed by atoms with Gasteiger partial charge in [0.05, 0.1) is 17.3 Å². The fraction of sp³-hybridized carbons (Fsp3) is 0.250. The first-order valence-corrected chi connectivity index (χ1v) is 8.37. The Kier molecular flexibility index (Phi) is 3.55. The lowest BCUT2D eigenvalue weighted by Gasteiger charge is -2.22. The molecule has 0 spiro atoms. The molecule has 1 aliphatic heterocycles. The van der Waals surface area contributed by atoms with Gasteiger partial charge >= 0.3 is 0 Å². The minimum Gasteiger partial charge on any atom is -0.396 e. The van der Waals surface area contributed by atoms with Gasteiger partial charge < -0.3 is 5.11 Å². The molecule has 2 unspecified atom stereocenters. The van der Waals surface area contributed by atoms with Crippen LogP contribution in [0.3, 0.4) is 0 Å². The standard InChI is InChI=1S/C16H15FO3S/c17-15-7-3-1-5-11(15)13(9-18)14-10-21(19,20)16-8-4-2-6-12(14)16/h1-8,13-14,18H,9-10H2. The molecule has 0 amide bonds. The van der Waals surface area contributed by atoms with E-state index in [1.807, 2.05) is 0 Å². The Labute approximate surface area is 123 Å². The molecule has 0 saturated carbocycles. The molecular weight excluding hydrogens is 291 g/mol. The molecule has 1 N–H and O–H groups in total. The SMILES string of the molecule is O=S1(=O)CC(C(CO)c2ccccc2F)c2ccccc21. The molecule has 1 heterocycles. The van der Waals surface area contributed by atoms with E-state index in [0.29, 0.717) is 16.0 Å². The van der Waals surface area contributed by atoms with Crippen LogP contribution in [0.25, 0.3) is 0 Å². The summed E-state index contributed by atoms with van der Waals surface area (Å²) in [7, 11) is -3.36. The Morgan fingerprint density at radius 1 is 1.14 bits per heavy atom. The highest BCUT2D eigenvalue weighted by molar-refractivity contribution is 7.91. The van der Waals surface area contributed by atoms with Crippen molar-refractivity contribution in [3.05, 3.63) is 65.5 Å². The molecule has 1 aliphatic rings. The number of halogens is 1. The quantitative estimate of drug-likeness (QED) is 0.948. The second-order valence-electron chi connectivity index (χ2n) is 5.24. The second kappa shape index (κ2) is 5.24. The van der Waals surface area contributed by atoms with E-state index in [9.17, 15) is 17.9 Å². The number of rotatable bonds is 3.